The number of nitrogens with zero attached hydrogens (tertiary/aromatic N) is 2. The minimum absolute atomic E-state index is 0.0884. The van der Waals surface area contributed by atoms with E-state index < -0.39 is 0 Å². The second kappa shape index (κ2) is 8.96. The molecule has 0 bridgehead atoms. The van der Waals surface area contributed by atoms with Crippen molar-refractivity contribution in [3.63, 3.8) is 0 Å². The van der Waals surface area contributed by atoms with Crippen molar-refractivity contribution in [2.75, 3.05) is 11.1 Å². The Kier molecular flexibility index (Phi) is 6.61. The third kappa shape index (κ3) is 5.05. The van der Waals surface area contributed by atoms with Crippen molar-refractivity contribution in [2.24, 2.45) is 5.92 Å². The van der Waals surface area contributed by atoms with E-state index in [1.165, 1.54) is 11.8 Å². The number of rotatable bonds is 7. The number of aryl methyl sites for hydroxylation is 1. The van der Waals surface area contributed by atoms with Crippen LogP contribution in [0.3, 0.4) is 0 Å². The van der Waals surface area contributed by atoms with Gasteiger partial charge in [0.05, 0.1) is 11.3 Å². The van der Waals surface area contributed by atoms with Gasteiger partial charge in [-0.2, -0.15) is 0 Å². The molecule has 1 amide bonds. The highest BCUT2D eigenvalue weighted by atomic mass is 79.9. The number of aromatic amines is 1. The lowest BCUT2D eigenvalue weighted by atomic mass is 10.1. The van der Waals surface area contributed by atoms with Gasteiger partial charge < -0.3 is 10.3 Å². The molecule has 0 saturated heterocycles. The van der Waals surface area contributed by atoms with Gasteiger partial charge in [0.2, 0.25) is 5.91 Å². The van der Waals surface area contributed by atoms with Gasteiger partial charge in [0, 0.05) is 22.4 Å². The molecule has 3 aromatic rings. The van der Waals surface area contributed by atoms with Crippen LogP contribution >= 0.6 is 27.7 Å². The minimum atomic E-state index is -0.137. The molecule has 28 heavy (non-hydrogen) atoms. The quantitative estimate of drug-likeness (QED) is 0.397. The first-order valence-corrected chi connectivity index (χ1v) is 10.9. The summed E-state index contributed by atoms with van der Waals surface area (Å²) in [7, 11) is 0. The summed E-state index contributed by atoms with van der Waals surface area (Å²) in [5, 5.41) is 3.44. The number of amides is 1. The molecule has 0 radical (unpaired) electrons. The summed E-state index contributed by atoms with van der Waals surface area (Å²) in [5.74, 6) is 0.507. The van der Waals surface area contributed by atoms with Crippen LogP contribution in [0, 0.1) is 12.8 Å². The molecule has 0 fully saturated rings. The Morgan fingerprint density at radius 3 is 2.71 bits per heavy atom. The number of anilines is 1. The summed E-state index contributed by atoms with van der Waals surface area (Å²) in [6.07, 6.45) is 0.867. The summed E-state index contributed by atoms with van der Waals surface area (Å²) >= 11 is 4.66. The van der Waals surface area contributed by atoms with Gasteiger partial charge in [-0.1, -0.05) is 41.5 Å². The van der Waals surface area contributed by atoms with E-state index in [0.717, 1.165) is 22.3 Å². The lowest BCUT2D eigenvalue weighted by molar-refractivity contribution is -0.113. The van der Waals surface area contributed by atoms with E-state index in [-0.39, 0.29) is 17.2 Å². The molecular formula is C20H23BrN4O2S. The van der Waals surface area contributed by atoms with E-state index in [1.807, 2.05) is 37.3 Å². The monoisotopic (exact) mass is 462 g/mol. The average molecular weight is 463 g/mol. The van der Waals surface area contributed by atoms with Crippen LogP contribution in [0.4, 0.5) is 5.69 Å². The molecule has 148 valence electrons. The minimum Gasteiger partial charge on any atom is -0.353 e. The van der Waals surface area contributed by atoms with Gasteiger partial charge in [-0.05, 0) is 49.6 Å². The fourth-order valence-corrected chi connectivity index (χ4v) is 3.86. The molecule has 3 rings (SSSR count). The zero-order valence-electron chi connectivity index (χ0n) is 16.1. The van der Waals surface area contributed by atoms with E-state index in [9.17, 15) is 9.59 Å². The third-order valence-electron chi connectivity index (χ3n) is 4.23. The number of aromatic nitrogens is 3. The fourth-order valence-electron chi connectivity index (χ4n) is 2.77. The normalized spacial score (nSPS) is 11.3. The summed E-state index contributed by atoms with van der Waals surface area (Å²) < 4.78 is 2.63. The van der Waals surface area contributed by atoms with Crippen molar-refractivity contribution >= 4 is 50.3 Å². The topological polar surface area (TPSA) is 79.8 Å². The zero-order chi connectivity index (χ0) is 20.3. The highest BCUT2D eigenvalue weighted by Gasteiger charge is 2.15. The molecule has 2 aromatic heterocycles. The second-order valence-corrected chi connectivity index (χ2v) is 8.95. The van der Waals surface area contributed by atoms with Crippen LogP contribution in [0.2, 0.25) is 0 Å². The molecule has 6 nitrogen and oxygen atoms in total. The molecule has 1 aromatic carbocycles. The summed E-state index contributed by atoms with van der Waals surface area (Å²) in [6.45, 7) is 6.72. The predicted molar refractivity (Wildman–Crippen MR) is 118 cm³/mol. The lowest BCUT2D eigenvalue weighted by Gasteiger charge is -2.13. The molecule has 0 unspecified atom stereocenters. The molecule has 0 saturated carbocycles. The van der Waals surface area contributed by atoms with Crippen LogP contribution in [-0.4, -0.2) is 26.2 Å². The van der Waals surface area contributed by atoms with Gasteiger partial charge in [0.15, 0.2) is 5.16 Å². The number of fused-ring (bicyclic) bond motifs is 1. The molecule has 0 atom stereocenters. The lowest BCUT2D eigenvalue weighted by Crippen LogP contribution is -2.25. The van der Waals surface area contributed by atoms with Crippen LogP contribution in [0.25, 0.3) is 11.0 Å². The Labute approximate surface area is 176 Å². The first kappa shape index (κ1) is 20.7. The number of nitrogens with one attached hydrogen (secondary N) is 2. The van der Waals surface area contributed by atoms with E-state index in [2.05, 4.69) is 45.1 Å². The van der Waals surface area contributed by atoms with Gasteiger partial charge in [0.1, 0.15) is 5.52 Å². The Hall–Kier alpha value is -2.06. The van der Waals surface area contributed by atoms with Gasteiger partial charge in [0.25, 0.3) is 5.56 Å². The first-order valence-electron chi connectivity index (χ1n) is 9.12. The van der Waals surface area contributed by atoms with E-state index in [0.29, 0.717) is 28.7 Å². The van der Waals surface area contributed by atoms with E-state index in [1.54, 1.807) is 4.57 Å². The van der Waals surface area contributed by atoms with E-state index in [4.69, 9.17) is 0 Å². The fraction of sp³-hybridized carbons (Fsp3) is 0.350. The summed E-state index contributed by atoms with van der Waals surface area (Å²) in [5.41, 5.74) is 2.69. The van der Waals surface area contributed by atoms with Crippen molar-refractivity contribution in [2.45, 2.75) is 38.9 Å². The largest absolute Gasteiger partial charge is 0.353 e. The number of H-pyrrole nitrogens is 1. The van der Waals surface area contributed by atoms with Crippen molar-refractivity contribution in [3.8, 4) is 0 Å². The Morgan fingerprint density at radius 1 is 1.32 bits per heavy atom. The highest BCUT2D eigenvalue weighted by Crippen LogP contribution is 2.20. The number of halogens is 1. The molecule has 0 aliphatic carbocycles. The number of hydrogen-bond donors (Lipinski definition) is 2. The molecule has 2 heterocycles. The molecule has 0 aliphatic heterocycles. The summed E-state index contributed by atoms with van der Waals surface area (Å²) in [4.78, 5) is 33.0. The second-order valence-electron chi connectivity index (χ2n) is 7.09. The SMILES string of the molecule is Cc1cc2nc(SCC(=O)Nc3ccc(Br)cc3)n(CCC(C)C)c(=O)c2[nH]1. The van der Waals surface area contributed by atoms with Crippen LogP contribution < -0.4 is 10.9 Å². The van der Waals surface area contributed by atoms with E-state index >= 15 is 0 Å². The van der Waals surface area contributed by atoms with Gasteiger partial charge in [-0.3, -0.25) is 14.2 Å². The van der Waals surface area contributed by atoms with Crippen LogP contribution in [-0.2, 0) is 11.3 Å². The van der Waals surface area contributed by atoms with Crippen molar-refractivity contribution < 1.29 is 4.79 Å². The number of carbonyl (C=O) groups is 1. The third-order valence-corrected chi connectivity index (χ3v) is 5.73. The maximum atomic E-state index is 12.9. The number of carbonyl (C=O) groups excluding carboxylic acids is 1. The Balaban J connectivity index is 1.80. The van der Waals surface area contributed by atoms with Crippen LogP contribution in [0.5, 0.6) is 0 Å². The summed E-state index contributed by atoms with van der Waals surface area (Å²) in [6, 6.07) is 9.26. The van der Waals surface area contributed by atoms with Crippen molar-refractivity contribution in [1.82, 2.24) is 14.5 Å². The Morgan fingerprint density at radius 2 is 2.04 bits per heavy atom. The van der Waals surface area contributed by atoms with Crippen molar-refractivity contribution in [1.29, 1.82) is 0 Å². The van der Waals surface area contributed by atoms with Crippen LogP contribution in [0.1, 0.15) is 26.0 Å². The van der Waals surface area contributed by atoms with Gasteiger partial charge in [-0.25, -0.2) is 4.98 Å². The van der Waals surface area contributed by atoms with Gasteiger partial charge in [-0.15, -0.1) is 0 Å². The molecule has 0 aliphatic rings. The molecule has 2 N–H and O–H groups in total. The Bertz CT molecular complexity index is 1040. The smallest absolute Gasteiger partial charge is 0.278 e. The number of thioether (sulfide) groups is 1. The first-order chi connectivity index (χ1) is 13.3. The maximum absolute atomic E-state index is 12.9. The van der Waals surface area contributed by atoms with Crippen molar-refractivity contribution in [3.05, 3.63) is 50.9 Å². The highest BCUT2D eigenvalue weighted by molar-refractivity contribution is 9.10. The molecular weight excluding hydrogens is 440 g/mol. The van der Waals surface area contributed by atoms with Crippen LogP contribution in [0.15, 0.2) is 44.8 Å². The molecule has 8 heteroatoms. The zero-order valence-corrected chi connectivity index (χ0v) is 18.5. The maximum Gasteiger partial charge on any atom is 0.278 e. The standard InChI is InChI=1S/C20H23BrN4O2S/c1-12(2)8-9-25-19(27)18-16(10-13(3)22-18)24-20(25)28-11-17(26)23-15-6-4-14(21)5-7-15/h4-7,10,12,22H,8-9,11H2,1-3H3,(H,23,26). The number of hydrogen-bond acceptors (Lipinski definition) is 4. The number of benzene rings is 1. The average Bonchev–Trinajstić information content (AvgIpc) is 3.02. The molecule has 0 spiro atoms. The predicted octanol–water partition coefficient (Wildman–Crippen LogP) is 4.57. The van der Waals surface area contributed by atoms with Gasteiger partial charge >= 0.3 is 0 Å².